The standard InChI is InChI=1S/C27H25NO5/c1-4-17-13-15-19(16-14-17)28-24(18-9-6-5-7-10-18)23(26(30)27(28)31)25(29)22-20(32-2)11-8-12-21(22)33-3/h5-16,24,29H,4H2,1-3H3/b25-23+. The second-order valence-corrected chi connectivity index (χ2v) is 7.64. The van der Waals surface area contributed by atoms with Crippen molar-refractivity contribution in [1.29, 1.82) is 0 Å². The minimum Gasteiger partial charge on any atom is -0.506 e. The Hall–Kier alpha value is -4.06. The third-order valence-electron chi connectivity index (χ3n) is 5.85. The highest BCUT2D eigenvalue weighted by atomic mass is 16.5. The molecule has 1 unspecified atom stereocenters. The SMILES string of the molecule is CCc1ccc(N2C(=O)C(=O)/C(=C(/O)c3c(OC)cccc3OC)C2c2ccccc2)cc1. The molecule has 0 spiro atoms. The molecule has 1 atom stereocenters. The summed E-state index contributed by atoms with van der Waals surface area (Å²) in [5.41, 5.74) is 2.60. The molecule has 0 bridgehead atoms. The Bertz CT molecular complexity index is 1190. The number of Topliss-reactive ketones (excluding diaryl/α,β-unsaturated/α-hetero) is 1. The van der Waals surface area contributed by atoms with E-state index in [1.807, 2.05) is 61.5 Å². The van der Waals surface area contributed by atoms with Crippen LogP contribution in [0.3, 0.4) is 0 Å². The molecular formula is C27H25NO5. The summed E-state index contributed by atoms with van der Waals surface area (Å²) in [7, 11) is 2.93. The summed E-state index contributed by atoms with van der Waals surface area (Å²) in [5, 5.41) is 11.4. The molecule has 3 aromatic carbocycles. The lowest BCUT2D eigenvalue weighted by molar-refractivity contribution is -0.132. The van der Waals surface area contributed by atoms with Crippen LogP contribution >= 0.6 is 0 Å². The molecule has 1 heterocycles. The van der Waals surface area contributed by atoms with E-state index in [0.29, 0.717) is 22.7 Å². The number of aryl methyl sites for hydroxylation is 1. The van der Waals surface area contributed by atoms with Gasteiger partial charge in [-0.15, -0.1) is 0 Å². The molecule has 6 nitrogen and oxygen atoms in total. The smallest absolute Gasteiger partial charge is 0.300 e. The number of ketones is 1. The number of methoxy groups -OCH3 is 2. The molecule has 0 radical (unpaired) electrons. The van der Waals surface area contributed by atoms with E-state index >= 15 is 0 Å². The summed E-state index contributed by atoms with van der Waals surface area (Å²) in [4.78, 5) is 28.0. The molecule has 4 rings (SSSR count). The van der Waals surface area contributed by atoms with Gasteiger partial charge < -0.3 is 14.6 Å². The molecule has 1 aliphatic rings. The van der Waals surface area contributed by atoms with Gasteiger partial charge in [-0.05, 0) is 41.8 Å². The number of aliphatic hydroxyl groups is 1. The largest absolute Gasteiger partial charge is 0.506 e. The molecule has 33 heavy (non-hydrogen) atoms. The number of hydrogen-bond donors (Lipinski definition) is 1. The first-order valence-corrected chi connectivity index (χ1v) is 10.7. The summed E-state index contributed by atoms with van der Waals surface area (Å²) in [6, 6.07) is 20.9. The zero-order valence-electron chi connectivity index (χ0n) is 18.7. The maximum atomic E-state index is 13.3. The minimum absolute atomic E-state index is 0.0198. The van der Waals surface area contributed by atoms with Gasteiger partial charge in [0.1, 0.15) is 22.8 Å². The van der Waals surface area contributed by atoms with E-state index in [0.717, 1.165) is 12.0 Å². The zero-order valence-corrected chi connectivity index (χ0v) is 18.7. The predicted octanol–water partition coefficient (Wildman–Crippen LogP) is 4.89. The fourth-order valence-electron chi connectivity index (χ4n) is 4.16. The summed E-state index contributed by atoms with van der Waals surface area (Å²) in [5.74, 6) is -1.16. The minimum atomic E-state index is -0.812. The molecule has 3 aromatic rings. The van der Waals surface area contributed by atoms with E-state index in [1.165, 1.54) is 19.1 Å². The van der Waals surface area contributed by atoms with Crippen molar-refractivity contribution in [3.05, 3.63) is 95.1 Å². The molecule has 0 saturated carbocycles. The lowest BCUT2D eigenvalue weighted by Gasteiger charge is -2.26. The van der Waals surface area contributed by atoms with Crippen molar-refractivity contribution in [2.24, 2.45) is 0 Å². The Morgan fingerprint density at radius 2 is 1.48 bits per heavy atom. The first-order valence-electron chi connectivity index (χ1n) is 10.7. The fraction of sp³-hybridized carbons (Fsp3) is 0.185. The highest BCUT2D eigenvalue weighted by Gasteiger charge is 2.47. The molecule has 1 N–H and O–H groups in total. The van der Waals surface area contributed by atoms with Gasteiger partial charge in [0, 0.05) is 5.69 Å². The molecule has 6 heteroatoms. The van der Waals surface area contributed by atoms with Gasteiger partial charge >= 0.3 is 0 Å². The summed E-state index contributed by atoms with van der Waals surface area (Å²) >= 11 is 0. The lowest BCUT2D eigenvalue weighted by atomic mass is 9.94. The maximum absolute atomic E-state index is 13.3. The average molecular weight is 443 g/mol. The maximum Gasteiger partial charge on any atom is 0.300 e. The van der Waals surface area contributed by atoms with Crippen molar-refractivity contribution in [3.63, 3.8) is 0 Å². The zero-order chi connectivity index (χ0) is 23.5. The second kappa shape index (κ2) is 9.20. The highest BCUT2D eigenvalue weighted by molar-refractivity contribution is 6.51. The van der Waals surface area contributed by atoms with Gasteiger partial charge in [-0.3, -0.25) is 14.5 Å². The van der Waals surface area contributed by atoms with Gasteiger partial charge in [-0.1, -0.05) is 55.5 Å². The Morgan fingerprint density at radius 3 is 2.03 bits per heavy atom. The van der Waals surface area contributed by atoms with Gasteiger partial charge in [0.25, 0.3) is 11.7 Å². The number of ether oxygens (including phenoxy) is 2. The summed E-state index contributed by atoms with van der Waals surface area (Å²) in [6.07, 6.45) is 0.856. The normalized spacial score (nSPS) is 17.3. The van der Waals surface area contributed by atoms with Gasteiger partial charge in [0.2, 0.25) is 0 Å². The third-order valence-corrected chi connectivity index (χ3v) is 5.85. The Morgan fingerprint density at radius 1 is 0.879 bits per heavy atom. The number of anilines is 1. The number of amides is 1. The molecule has 1 aliphatic heterocycles. The van der Waals surface area contributed by atoms with Crippen LogP contribution in [0.1, 0.15) is 29.7 Å². The number of carbonyl (C=O) groups is 2. The van der Waals surface area contributed by atoms with E-state index in [-0.39, 0.29) is 16.9 Å². The van der Waals surface area contributed by atoms with Gasteiger partial charge in [0.05, 0.1) is 25.8 Å². The second-order valence-electron chi connectivity index (χ2n) is 7.64. The van der Waals surface area contributed by atoms with Crippen LogP contribution in [0.15, 0.2) is 78.4 Å². The average Bonchev–Trinajstić information content (AvgIpc) is 3.13. The van der Waals surface area contributed by atoms with E-state index in [2.05, 4.69) is 0 Å². The molecule has 0 aliphatic carbocycles. The van der Waals surface area contributed by atoms with Crippen molar-refractivity contribution >= 4 is 23.1 Å². The van der Waals surface area contributed by atoms with E-state index in [9.17, 15) is 14.7 Å². The number of nitrogens with zero attached hydrogens (tertiary/aromatic N) is 1. The van der Waals surface area contributed by atoms with Crippen molar-refractivity contribution in [3.8, 4) is 11.5 Å². The van der Waals surface area contributed by atoms with Crippen LogP contribution in [-0.4, -0.2) is 31.0 Å². The molecule has 168 valence electrons. The van der Waals surface area contributed by atoms with Crippen LogP contribution in [0.5, 0.6) is 11.5 Å². The molecule has 1 fully saturated rings. The Labute approximate surface area is 192 Å². The van der Waals surface area contributed by atoms with E-state index in [1.54, 1.807) is 18.2 Å². The number of rotatable bonds is 6. The summed E-state index contributed by atoms with van der Waals surface area (Å²) < 4.78 is 10.8. The van der Waals surface area contributed by atoms with Gasteiger partial charge in [-0.2, -0.15) is 0 Å². The van der Waals surface area contributed by atoms with E-state index < -0.39 is 17.7 Å². The topological polar surface area (TPSA) is 76.1 Å². The number of hydrogen-bond acceptors (Lipinski definition) is 5. The molecule has 1 amide bonds. The lowest BCUT2D eigenvalue weighted by Crippen LogP contribution is -2.29. The first-order chi connectivity index (χ1) is 16.0. The number of benzene rings is 3. The highest BCUT2D eigenvalue weighted by Crippen LogP contribution is 2.45. The van der Waals surface area contributed by atoms with Crippen LogP contribution in [0, 0.1) is 0 Å². The quantitative estimate of drug-likeness (QED) is 0.333. The number of aliphatic hydroxyl groups excluding tert-OH is 1. The summed E-state index contributed by atoms with van der Waals surface area (Å²) in [6.45, 7) is 2.05. The van der Waals surface area contributed by atoms with Crippen LogP contribution in [0.4, 0.5) is 5.69 Å². The van der Waals surface area contributed by atoms with Crippen LogP contribution < -0.4 is 14.4 Å². The van der Waals surface area contributed by atoms with Crippen LogP contribution in [-0.2, 0) is 16.0 Å². The third kappa shape index (κ3) is 3.84. The van der Waals surface area contributed by atoms with Gasteiger partial charge in [0.15, 0.2) is 0 Å². The first kappa shape index (κ1) is 22.1. The molecule has 1 saturated heterocycles. The Kier molecular flexibility index (Phi) is 6.18. The number of carbonyl (C=O) groups excluding carboxylic acids is 2. The van der Waals surface area contributed by atoms with Crippen LogP contribution in [0.2, 0.25) is 0 Å². The van der Waals surface area contributed by atoms with Crippen LogP contribution in [0.25, 0.3) is 5.76 Å². The Balaban J connectivity index is 1.97. The van der Waals surface area contributed by atoms with Crippen molar-refractivity contribution in [2.45, 2.75) is 19.4 Å². The molecule has 0 aromatic heterocycles. The predicted molar refractivity (Wildman–Crippen MR) is 127 cm³/mol. The van der Waals surface area contributed by atoms with Crippen molar-refractivity contribution in [2.75, 3.05) is 19.1 Å². The van der Waals surface area contributed by atoms with Crippen molar-refractivity contribution in [1.82, 2.24) is 0 Å². The molecular weight excluding hydrogens is 418 g/mol. The fourth-order valence-corrected chi connectivity index (χ4v) is 4.16. The van der Waals surface area contributed by atoms with Crippen molar-refractivity contribution < 1.29 is 24.2 Å². The van der Waals surface area contributed by atoms with Gasteiger partial charge in [-0.25, -0.2) is 0 Å². The monoisotopic (exact) mass is 443 g/mol. The van der Waals surface area contributed by atoms with E-state index in [4.69, 9.17) is 9.47 Å².